The second-order valence-corrected chi connectivity index (χ2v) is 5.78. The van der Waals surface area contributed by atoms with Gasteiger partial charge >= 0.3 is 0 Å². The number of anilines is 1. The molecule has 1 fully saturated rings. The standard InChI is InChI=1S/C11H16BrN3S/c1-16-6-2-5-13-10-7-9(12)14-11(15-10)8-3-4-8/h7-8H,2-6H2,1H3,(H,13,14,15). The molecule has 1 aromatic rings. The Bertz CT molecular complexity index is 355. The van der Waals surface area contributed by atoms with Crippen LogP contribution in [0.5, 0.6) is 0 Å². The molecule has 5 heteroatoms. The van der Waals surface area contributed by atoms with Gasteiger partial charge in [0.25, 0.3) is 0 Å². The number of aromatic nitrogens is 2. The number of halogens is 1. The largest absolute Gasteiger partial charge is 0.370 e. The number of thioether (sulfide) groups is 1. The summed E-state index contributed by atoms with van der Waals surface area (Å²) in [6.07, 6.45) is 5.78. The SMILES string of the molecule is CSCCCNc1cc(Br)nc(C2CC2)n1. The number of rotatable bonds is 6. The maximum atomic E-state index is 4.53. The lowest BCUT2D eigenvalue weighted by molar-refractivity contribution is 0.902. The van der Waals surface area contributed by atoms with Gasteiger partial charge in [0.05, 0.1) is 0 Å². The maximum Gasteiger partial charge on any atom is 0.135 e. The summed E-state index contributed by atoms with van der Waals surface area (Å²) < 4.78 is 0.886. The van der Waals surface area contributed by atoms with Gasteiger partial charge in [-0.05, 0) is 47.2 Å². The van der Waals surface area contributed by atoms with Gasteiger partial charge in [0.15, 0.2) is 0 Å². The van der Waals surface area contributed by atoms with Crippen LogP contribution in [-0.2, 0) is 0 Å². The molecule has 0 aliphatic heterocycles. The Morgan fingerprint density at radius 2 is 2.31 bits per heavy atom. The predicted octanol–water partition coefficient (Wildman–Crippen LogP) is 3.28. The van der Waals surface area contributed by atoms with E-state index in [0.717, 1.165) is 22.8 Å². The number of nitrogens with one attached hydrogen (secondary N) is 1. The van der Waals surface area contributed by atoms with Crippen molar-refractivity contribution in [3.05, 3.63) is 16.5 Å². The van der Waals surface area contributed by atoms with Gasteiger partial charge in [-0.3, -0.25) is 0 Å². The van der Waals surface area contributed by atoms with E-state index in [1.165, 1.54) is 25.0 Å². The highest BCUT2D eigenvalue weighted by Gasteiger charge is 2.27. The molecule has 88 valence electrons. The quantitative estimate of drug-likeness (QED) is 0.646. The van der Waals surface area contributed by atoms with Crippen molar-refractivity contribution in [2.24, 2.45) is 0 Å². The van der Waals surface area contributed by atoms with Gasteiger partial charge < -0.3 is 5.32 Å². The van der Waals surface area contributed by atoms with Crippen LogP contribution in [0.1, 0.15) is 31.0 Å². The Kier molecular flexibility index (Phi) is 4.46. The molecule has 0 radical (unpaired) electrons. The first-order chi connectivity index (χ1) is 7.79. The van der Waals surface area contributed by atoms with E-state index in [1.807, 2.05) is 17.8 Å². The molecule has 16 heavy (non-hydrogen) atoms. The smallest absolute Gasteiger partial charge is 0.135 e. The first kappa shape index (κ1) is 12.2. The Hall–Kier alpha value is -0.290. The van der Waals surface area contributed by atoms with E-state index < -0.39 is 0 Å². The van der Waals surface area contributed by atoms with Crippen molar-refractivity contribution in [2.75, 3.05) is 23.9 Å². The lowest BCUT2D eigenvalue weighted by Crippen LogP contribution is -2.06. The lowest BCUT2D eigenvalue weighted by atomic mass is 10.4. The summed E-state index contributed by atoms with van der Waals surface area (Å²) in [4.78, 5) is 8.94. The molecular weight excluding hydrogens is 286 g/mol. The van der Waals surface area contributed by atoms with Crippen LogP contribution in [0.25, 0.3) is 0 Å². The minimum absolute atomic E-state index is 0.601. The van der Waals surface area contributed by atoms with Crippen molar-refractivity contribution in [1.82, 2.24) is 9.97 Å². The topological polar surface area (TPSA) is 37.8 Å². The summed E-state index contributed by atoms with van der Waals surface area (Å²) in [5.74, 6) is 3.73. The lowest BCUT2D eigenvalue weighted by Gasteiger charge is -2.07. The predicted molar refractivity (Wildman–Crippen MR) is 73.2 cm³/mol. The van der Waals surface area contributed by atoms with Gasteiger partial charge in [-0.15, -0.1) is 0 Å². The molecule has 0 atom stereocenters. The third-order valence-corrected chi connectivity index (χ3v) is 3.59. The molecule has 1 aromatic heterocycles. The second kappa shape index (κ2) is 5.87. The monoisotopic (exact) mass is 301 g/mol. The zero-order chi connectivity index (χ0) is 11.4. The average molecular weight is 302 g/mol. The van der Waals surface area contributed by atoms with Crippen LogP contribution in [0.2, 0.25) is 0 Å². The third kappa shape index (κ3) is 3.63. The van der Waals surface area contributed by atoms with Gasteiger partial charge in [0.2, 0.25) is 0 Å². The molecule has 1 aliphatic carbocycles. The fourth-order valence-corrected chi connectivity index (χ4v) is 2.31. The Labute approximate surface area is 109 Å². The molecule has 1 saturated carbocycles. The van der Waals surface area contributed by atoms with Crippen LogP contribution in [0.3, 0.4) is 0 Å². The van der Waals surface area contributed by atoms with Crippen LogP contribution in [-0.4, -0.2) is 28.5 Å². The van der Waals surface area contributed by atoms with Crippen molar-refractivity contribution < 1.29 is 0 Å². The molecule has 0 amide bonds. The fraction of sp³-hybridized carbons (Fsp3) is 0.636. The molecular formula is C11H16BrN3S. The summed E-state index contributed by atoms with van der Waals surface area (Å²) in [5, 5.41) is 3.35. The normalized spacial score (nSPS) is 15.1. The average Bonchev–Trinajstić information content (AvgIpc) is 3.07. The van der Waals surface area contributed by atoms with Crippen LogP contribution < -0.4 is 5.32 Å². The summed E-state index contributed by atoms with van der Waals surface area (Å²) >= 11 is 5.31. The number of hydrogen-bond acceptors (Lipinski definition) is 4. The summed E-state index contributed by atoms with van der Waals surface area (Å²) in [5.41, 5.74) is 0. The van der Waals surface area contributed by atoms with E-state index >= 15 is 0 Å². The van der Waals surface area contributed by atoms with Crippen molar-refractivity contribution >= 4 is 33.5 Å². The minimum atomic E-state index is 0.601. The molecule has 1 N–H and O–H groups in total. The van der Waals surface area contributed by atoms with Crippen molar-refractivity contribution in [2.45, 2.75) is 25.2 Å². The van der Waals surface area contributed by atoms with Crippen molar-refractivity contribution in [3.63, 3.8) is 0 Å². The number of hydrogen-bond donors (Lipinski definition) is 1. The summed E-state index contributed by atoms with van der Waals surface area (Å²) in [7, 11) is 0. The highest BCUT2D eigenvalue weighted by molar-refractivity contribution is 9.10. The first-order valence-electron chi connectivity index (χ1n) is 5.57. The van der Waals surface area contributed by atoms with Gasteiger partial charge in [-0.2, -0.15) is 11.8 Å². The molecule has 2 rings (SSSR count). The molecule has 3 nitrogen and oxygen atoms in total. The molecule has 0 spiro atoms. The third-order valence-electron chi connectivity index (χ3n) is 2.49. The second-order valence-electron chi connectivity index (χ2n) is 3.98. The van der Waals surface area contributed by atoms with E-state index in [1.54, 1.807) is 0 Å². The molecule has 0 saturated heterocycles. The molecule has 0 aromatic carbocycles. The Morgan fingerprint density at radius 3 is 3.00 bits per heavy atom. The fourth-order valence-electron chi connectivity index (χ4n) is 1.48. The summed E-state index contributed by atoms with van der Waals surface area (Å²) in [6.45, 7) is 0.981. The first-order valence-corrected chi connectivity index (χ1v) is 7.75. The zero-order valence-corrected chi connectivity index (χ0v) is 11.8. The molecule has 0 unspecified atom stereocenters. The Morgan fingerprint density at radius 1 is 1.50 bits per heavy atom. The minimum Gasteiger partial charge on any atom is -0.370 e. The van der Waals surface area contributed by atoms with Crippen molar-refractivity contribution in [1.29, 1.82) is 0 Å². The van der Waals surface area contributed by atoms with Gasteiger partial charge in [0, 0.05) is 18.5 Å². The van der Waals surface area contributed by atoms with E-state index in [-0.39, 0.29) is 0 Å². The van der Waals surface area contributed by atoms with Gasteiger partial charge in [-0.1, -0.05) is 0 Å². The maximum absolute atomic E-state index is 4.53. The summed E-state index contributed by atoms with van der Waals surface area (Å²) in [6, 6.07) is 1.95. The van der Waals surface area contributed by atoms with E-state index in [2.05, 4.69) is 37.5 Å². The molecule has 1 aliphatic rings. The number of nitrogens with zero attached hydrogens (tertiary/aromatic N) is 2. The highest BCUT2D eigenvalue weighted by Crippen LogP contribution is 2.38. The van der Waals surface area contributed by atoms with Gasteiger partial charge in [-0.25, -0.2) is 9.97 Å². The highest BCUT2D eigenvalue weighted by atomic mass is 79.9. The van der Waals surface area contributed by atoms with Gasteiger partial charge in [0.1, 0.15) is 16.2 Å². The van der Waals surface area contributed by atoms with Crippen LogP contribution in [0, 0.1) is 0 Å². The van der Waals surface area contributed by atoms with Crippen molar-refractivity contribution in [3.8, 4) is 0 Å². The molecule has 1 heterocycles. The Balaban J connectivity index is 1.92. The zero-order valence-electron chi connectivity index (χ0n) is 9.37. The van der Waals surface area contributed by atoms with E-state index in [4.69, 9.17) is 0 Å². The van der Waals surface area contributed by atoms with Crippen LogP contribution in [0.4, 0.5) is 5.82 Å². The van der Waals surface area contributed by atoms with Crippen LogP contribution >= 0.6 is 27.7 Å². The molecule has 0 bridgehead atoms. The van der Waals surface area contributed by atoms with Crippen LogP contribution in [0.15, 0.2) is 10.7 Å². The van der Waals surface area contributed by atoms with E-state index in [0.29, 0.717) is 5.92 Å². The van der Waals surface area contributed by atoms with E-state index in [9.17, 15) is 0 Å².